The van der Waals surface area contributed by atoms with Crippen molar-refractivity contribution in [3.8, 4) is 0 Å². The van der Waals surface area contributed by atoms with Crippen molar-refractivity contribution in [3.05, 3.63) is 52.0 Å². The summed E-state index contributed by atoms with van der Waals surface area (Å²) >= 11 is 1.39. The zero-order valence-electron chi connectivity index (χ0n) is 14.3. The highest BCUT2D eigenvalue weighted by Crippen LogP contribution is 2.17. The lowest BCUT2D eigenvalue weighted by Gasteiger charge is -2.19. The highest BCUT2D eigenvalue weighted by molar-refractivity contribution is 7.13. The molecule has 1 aromatic carbocycles. The summed E-state index contributed by atoms with van der Waals surface area (Å²) in [6, 6.07) is 10.2. The fourth-order valence-electron chi connectivity index (χ4n) is 2.29. The van der Waals surface area contributed by atoms with E-state index in [4.69, 9.17) is 0 Å². The minimum Gasteiger partial charge on any atom is -0.372 e. The second-order valence-corrected chi connectivity index (χ2v) is 6.96. The lowest BCUT2D eigenvalue weighted by atomic mass is 10.2. The molecule has 0 spiro atoms. The summed E-state index contributed by atoms with van der Waals surface area (Å²) in [6.45, 7) is 2.94. The molecule has 0 unspecified atom stereocenters. The Morgan fingerprint density at radius 2 is 1.92 bits per heavy atom. The summed E-state index contributed by atoms with van der Waals surface area (Å²) in [5.74, 6) is -0.747. The normalized spacial score (nSPS) is 10.4. The Balaban J connectivity index is 1.64. The zero-order chi connectivity index (χ0) is 18.2. The van der Waals surface area contributed by atoms with Crippen molar-refractivity contribution >= 4 is 28.8 Å². The smallest absolute Gasteiger partial charge is 0.261 e. The molecular weight excluding hydrogens is 341 g/mol. The monoisotopic (exact) mass is 363 g/mol. The van der Waals surface area contributed by atoms with Crippen LogP contribution in [0.25, 0.3) is 0 Å². The van der Waals surface area contributed by atoms with E-state index in [0.29, 0.717) is 30.1 Å². The Hall–Kier alpha value is -2.41. The predicted octanol–water partition coefficient (Wildman–Crippen LogP) is 2.57. The van der Waals surface area contributed by atoms with Crippen LogP contribution in [0.1, 0.15) is 21.0 Å². The summed E-state index contributed by atoms with van der Waals surface area (Å²) in [5.41, 5.74) is 0.535. The van der Waals surface area contributed by atoms with Crippen LogP contribution in [0.5, 0.6) is 0 Å². The Morgan fingerprint density at radius 3 is 2.60 bits per heavy atom. The molecule has 0 radical (unpaired) electrons. The van der Waals surface area contributed by atoms with Gasteiger partial charge in [0.2, 0.25) is 5.91 Å². The van der Waals surface area contributed by atoms with Crippen LogP contribution >= 0.6 is 11.3 Å². The summed E-state index contributed by atoms with van der Waals surface area (Å²) in [4.78, 5) is 27.1. The SMILES string of the molecule is Cc1ccc(C(=O)NCC(=O)NCCCN(C)c2ccccc2F)s1. The largest absolute Gasteiger partial charge is 0.372 e. The first kappa shape index (κ1) is 18.9. The molecular formula is C18H22FN3O2S. The molecule has 25 heavy (non-hydrogen) atoms. The summed E-state index contributed by atoms with van der Waals surface area (Å²) in [6.07, 6.45) is 0.675. The zero-order valence-corrected chi connectivity index (χ0v) is 15.2. The van der Waals surface area contributed by atoms with Gasteiger partial charge in [-0.05, 0) is 37.6 Å². The van der Waals surface area contributed by atoms with E-state index in [1.165, 1.54) is 17.4 Å². The third-order valence-corrected chi connectivity index (χ3v) is 4.63. The maximum Gasteiger partial charge on any atom is 0.261 e. The number of aryl methyl sites for hydroxylation is 1. The number of thiophene rings is 1. The number of anilines is 1. The third-order valence-electron chi connectivity index (χ3n) is 3.63. The highest BCUT2D eigenvalue weighted by Gasteiger charge is 2.10. The van der Waals surface area contributed by atoms with E-state index < -0.39 is 0 Å². The Bertz CT molecular complexity index is 733. The molecule has 2 amide bonds. The van der Waals surface area contributed by atoms with Gasteiger partial charge in [0.1, 0.15) is 5.82 Å². The van der Waals surface area contributed by atoms with Crippen molar-refractivity contribution in [2.75, 3.05) is 31.6 Å². The van der Waals surface area contributed by atoms with Gasteiger partial charge in [0.05, 0.1) is 17.1 Å². The Kier molecular flexibility index (Phi) is 6.94. The summed E-state index contributed by atoms with van der Waals surface area (Å²) < 4.78 is 13.6. The Morgan fingerprint density at radius 1 is 1.16 bits per heavy atom. The highest BCUT2D eigenvalue weighted by atomic mass is 32.1. The molecule has 0 saturated heterocycles. The first-order valence-electron chi connectivity index (χ1n) is 8.04. The molecule has 2 aromatic rings. The number of carbonyl (C=O) groups excluding carboxylic acids is 2. The number of nitrogens with one attached hydrogen (secondary N) is 2. The minimum atomic E-state index is -0.263. The third kappa shape index (κ3) is 5.86. The molecule has 0 aliphatic heterocycles. The number of hydrogen-bond acceptors (Lipinski definition) is 4. The number of amides is 2. The van der Waals surface area contributed by atoms with Crippen molar-refractivity contribution < 1.29 is 14.0 Å². The van der Waals surface area contributed by atoms with Crippen molar-refractivity contribution in [3.63, 3.8) is 0 Å². The number of rotatable bonds is 8. The maximum atomic E-state index is 13.6. The van der Waals surface area contributed by atoms with E-state index in [9.17, 15) is 14.0 Å². The molecule has 0 atom stereocenters. The van der Waals surface area contributed by atoms with Gasteiger partial charge in [-0.15, -0.1) is 11.3 Å². The fourth-order valence-corrected chi connectivity index (χ4v) is 3.08. The lowest BCUT2D eigenvalue weighted by molar-refractivity contribution is -0.120. The van der Waals surface area contributed by atoms with E-state index in [1.807, 2.05) is 24.9 Å². The topological polar surface area (TPSA) is 61.4 Å². The van der Waals surface area contributed by atoms with Gasteiger partial charge in [-0.3, -0.25) is 9.59 Å². The molecule has 1 aromatic heterocycles. The lowest BCUT2D eigenvalue weighted by Crippen LogP contribution is -2.37. The van der Waals surface area contributed by atoms with Gasteiger partial charge in [-0.2, -0.15) is 0 Å². The van der Waals surface area contributed by atoms with Gasteiger partial charge >= 0.3 is 0 Å². The van der Waals surface area contributed by atoms with E-state index in [1.54, 1.807) is 24.3 Å². The molecule has 7 heteroatoms. The van der Waals surface area contributed by atoms with Crippen molar-refractivity contribution in [1.82, 2.24) is 10.6 Å². The molecule has 0 fully saturated rings. The van der Waals surface area contributed by atoms with Crippen LogP contribution in [-0.2, 0) is 4.79 Å². The number of para-hydroxylation sites is 1. The van der Waals surface area contributed by atoms with Crippen LogP contribution in [0.2, 0.25) is 0 Å². The number of halogens is 1. The van der Waals surface area contributed by atoms with Crippen LogP contribution in [0.4, 0.5) is 10.1 Å². The molecule has 2 N–H and O–H groups in total. The summed E-state index contributed by atoms with van der Waals surface area (Å²) in [5, 5.41) is 5.34. The van der Waals surface area contributed by atoms with Gasteiger partial charge in [0, 0.05) is 25.0 Å². The van der Waals surface area contributed by atoms with Gasteiger partial charge in [-0.25, -0.2) is 4.39 Å². The maximum absolute atomic E-state index is 13.6. The van der Waals surface area contributed by atoms with Crippen molar-refractivity contribution in [2.24, 2.45) is 0 Å². The first-order chi connectivity index (χ1) is 12.0. The van der Waals surface area contributed by atoms with Gasteiger partial charge in [-0.1, -0.05) is 12.1 Å². The van der Waals surface area contributed by atoms with E-state index >= 15 is 0 Å². The fraction of sp³-hybridized carbons (Fsp3) is 0.333. The van der Waals surface area contributed by atoms with Crippen LogP contribution in [-0.4, -0.2) is 38.5 Å². The number of hydrogen-bond donors (Lipinski definition) is 2. The van der Waals surface area contributed by atoms with Gasteiger partial charge in [0.25, 0.3) is 5.91 Å². The molecule has 5 nitrogen and oxygen atoms in total. The molecule has 0 aliphatic rings. The second-order valence-electron chi connectivity index (χ2n) is 5.67. The Labute approximate surface area is 150 Å². The van der Waals surface area contributed by atoms with Crippen LogP contribution in [0.3, 0.4) is 0 Å². The van der Waals surface area contributed by atoms with Gasteiger partial charge in [0.15, 0.2) is 0 Å². The average Bonchev–Trinajstić information content (AvgIpc) is 3.03. The second kappa shape index (κ2) is 9.17. The van der Waals surface area contributed by atoms with E-state index in [2.05, 4.69) is 10.6 Å². The van der Waals surface area contributed by atoms with E-state index in [0.717, 1.165) is 4.88 Å². The quantitative estimate of drug-likeness (QED) is 0.709. The molecule has 0 bridgehead atoms. The van der Waals surface area contributed by atoms with Crippen molar-refractivity contribution in [1.29, 1.82) is 0 Å². The molecule has 134 valence electrons. The minimum absolute atomic E-state index is 0.0566. The molecule has 1 heterocycles. The summed E-state index contributed by atoms with van der Waals surface area (Å²) in [7, 11) is 1.81. The molecule has 2 rings (SSSR count). The van der Waals surface area contributed by atoms with E-state index in [-0.39, 0.29) is 24.2 Å². The van der Waals surface area contributed by atoms with Crippen molar-refractivity contribution in [2.45, 2.75) is 13.3 Å². The standard InChI is InChI=1S/C18H22FN3O2S/c1-13-8-9-16(25-13)18(24)21-12-17(23)20-10-5-11-22(2)15-7-4-3-6-14(15)19/h3-4,6-9H,5,10-12H2,1-2H3,(H,20,23)(H,21,24). The van der Waals surface area contributed by atoms with Crippen LogP contribution < -0.4 is 15.5 Å². The number of nitrogens with zero attached hydrogens (tertiary/aromatic N) is 1. The van der Waals surface area contributed by atoms with Crippen LogP contribution in [0, 0.1) is 12.7 Å². The van der Waals surface area contributed by atoms with Crippen LogP contribution in [0.15, 0.2) is 36.4 Å². The average molecular weight is 363 g/mol. The number of carbonyl (C=O) groups is 2. The molecule has 0 aliphatic carbocycles. The first-order valence-corrected chi connectivity index (χ1v) is 8.86. The predicted molar refractivity (Wildman–Crippen MR) is 98.7 cm³/mol. The van der Waals surface area contributed by atoms with Gasteiger partial charge < -0.3 is 15.5 Å². The number of benzene rings is 1. The molecule has 0 saturated carbocycles.